The van der Waals surface area contributed by atoms with Gasteiger partial charge in [-0.2, -0.15) is 0 Å². The maximum Gasteiger partial charge on any atom is 0.329 e. The highest BCUT2D eigenvalue weighted by molar-refractivity contribution is 14.1. The maximum absolute atomic E-state index is 13.0. The number of benzene rings is 3. The lowest BCUT2D eigenvalue weighted by molar-refractivity contribution is -0.123. The first kappa shape index (κ1) is 22.0. The Morgan fingerprint density at radius 2 is 1.69 bits per heavy atom. The zero-order valence-corrected chi connectivity index (χ0v) is 19.4. The molecule has 1 saturated heterocycles. The molecule has 1 fully saturated rings. The fourth-order valence-electron chi connectivity index (χ4n) is 3.22. The smallest absolute Gasteiger partial charge is 0.329 e. The van der Waals surface area contributed by atoms with Gasteiger partial charge in [0.25, 0.3) is 5.91 Å². The molecule has 7 heteroatoms. The summed E-state index contributed by atoms with van der Waals surface area (Å²) in [6, 6.07) is 18.9. The average molecular weight is 542 g/mol. The Morgan fingerprint density at radius 3 is 2.38 bits per heavy atom. The van der Waals surface area contributed by atoms with Crippen LogP contribution in [-0.2, 0) is 17.9 Å². The van der Waals surface area contributed by atoms with Gasteiger partial charge >= 0.3 is 6.03 Å². The fraction of sp³-hybridized carbons (Fsp3) is 0.120. The van der Waals surface area contributed by atoms with E-state index in [-0.39, 0.29) is 24.0 Å². The molecule has 0 bridgehead atoms. The summed E-state index contributed by atoms with van der Waals surface area (Å²) < 4.78 is 19.7. The predicted molar refractivity (Wildman–Crippen MR) is 128 cm³/mol. The van der Waals surface area contributed by atoms with E-state index in [4.69, 9.17) is 4.74 Å². The highest BCUT2D eigenvalue weighted by Crippen LogP contribution is 2.25. The fourth-order valence-corrected chi connectivity index (χ4v) is 3.92. The third-order valence-electron chi connectivity index (χ3n) is 5.00. The van der Waals surface area contributed by atoms with Crippen molar-refractivity contribution in [3.8, 4) is 5.75 Å². The van der Waals surface area contributed by atoms with Crippen LogP contribution < -0.4 is 10.1 Å². The molecule has 1 aliphatic rings. The van der Waals surface area contributed by atoms with Crippen molar-refractivity contribution in [2.24, 2.45) is 0 Å². The summed E-state index contributed by atoms with van der Waals surface area (Å²) >= 11 is 2.15. The molecule has 3 amide bonds. The molecule has 0 unspecified atom stereocenters. The number of hydrogen-bond donors (Lipinski definition) is 1. The number of carbonyl (C=O) groups is 2. The van der Waals surface area contributed by atoms with E-state index >= 15 is 0 Å². The standard InChI is InChI=1S/C25H20FIN2O3/c1-16-2-4-17(5-3-16)14-29-24(30)22(28-25(29)31)13-19-8-11-23(21(27)12-19)32-15-18-6-9-20(26)10-7-18/h2-13H,14-15H2,1H3,(H,28,31)/b22-13+. The summed E-state index contributed by atoms with van der Waals surface area (Å²) in [6.45, 7) is 2.52. The van der Waals surface area contributed by atoms with Crippen LogP contribution in [0.1, 0.15) is 22.3 Å². The van der Waals surface area contributed by atoms with E-state index in [0.717, 1.165) is 25.8 Å². The van der Waals surface area contributed by atoms with Crippen molar-refractivity contribution < 1.29 is 18.7 Å². The van der Waals surface area contributed by atoms with Gasteiger partial charge in [0.05, 0.1) is 10.1 Å². The summed E-state index contributed by atoms with van der Waals surface area (Å²) in [4.78, 5) is 26.3. The predicted octanol–water partition coefficient (Wildman–Crippen LogP) is 5.41. The summed E-state index contributed by atoms with van der Waals surface area (Å²) in [5.74, 6) is 0.0359. The first-order valence-electron chi connectivity index (χ1n) is 9.96. The van der Waals surface area contributed by atoms with E-state index in [1.54, 1.807) is 18.2 Å². The number of ether oxygens (including phenoxy) is 1. The van der Waals surface area contributed by atoms with E-state index in [1.165, 1.54) is 17.0 Å². The second-order valence-electron chi connectivity index (χ2n) is 7.47. The Balaban J connectivity index is 1.44. The molecule has 0 atom stereocenters. The second kappa shape index (κ2) is 9.52. The van der Waals surface area contributed by atoms with Crippen molar-refractivity contribution in [2.45, 2.75) is 20.1 Å². The minimum Gasteiger partial charge on any atom is -0.488 e. The molecule has 1 aliphatic heterocycles. The number of hydrogen-bond acceptors (Lipinski definition) is 3. The number of rotatable bonds is 6. The molecular weight excluding hydrogens is 522 g/mol. The Kier molecular flexibility index (Phi) is 6.55. The molecule has 1 heterocycles. The van der Waals surface area contributed by atoms with Gasteiger partial charge in [0, 0.05) is 0 Å². The normalized spacial score (nSPS) is 14.7. The molecule has 3 aromatic carbocycles. The van der Waals surface area contributed by atoms with Gasteiger partial charge < -0.3 is 10.1 Å². The number of urea groups is 1. The minimum absolute atomic E-state index is 0.218. The zero-order chi connectivity index (χ0) is 22.7. The number of nitrogens with zero attached hydrogens (tertiary/aromatic N) is 1. The summed E-state index contributed by atoms with van der Waals surface area (Å²) in [6.07, 6.45) is 1.65. The van der Waals surface area contributed by atoms with Gasteiger partial charge in [0.2, 0.25) is 0 Å². The largest absolute Gasteiger partial charge is 0.488 e. The van der Waals surface area contributed by atoms with E-state index in [1.807, 2.05) is 49.4 Å². The van der Waals surface area contributed by atoms with Gasteiger partial charge in [0.1, 0.15) is 23.9 Å². The van der Waals surface area contributed by atoms with Crippen molar-refractivity contribution in [3.63, 3.8) is 0 Å². The number of aryl methyl sites for hydroxylation is 1. The molecule has 3 aromatic rings. The lowest BCUT2D eigenvalue weighted by atomic mass is 10.1. The Morgan fingerprint density at radius 1 is 1.00 bits per heavy atom. The number of imide groups is 1. The average Bonchev–Trinajstić information content (AvgIpc) is 3.03. The highest BCUT2D eigenvalue weighted by atomic mass is 127. The third kappa shape index (κ3) is 5.16. The monoisotopic (exact) mass is 542 g/mol. The molecule has 0 spiro atoms. The summed E-state index contributed by atoms with van der Waals surface area (Å²) in [5, 5.41) is 2.65. The van der Waals surface area contributed by atoms with E-state index in [0.29, 0.717) is 12.4 Å². The SMILES string of the molecule is Cc1ccc(CN2C(=O)N/C(=C/c3ccc(OCc4ccc(F)cc4)c(I)c3)C2=O)cc1. The molecule has 0 saturated carbocycles. The summed E-state index contributed by atoms with van der Waals surface area (Å²) in [7, 11) is 0. The lowest BCUT2D eigenvalue weighted by Gasteiger charge is -2.12. The van der Waals surface area contributed by atoms with Gasteiger partial charge in [-0.25, -0.2) is 9.18 Å². The lowest BCUT2D eigenvalue weighted by Crippen LogP contribution is -2.30. The van der Waals surface area contributed by atoms with Crippen LogP contribution in [0.5, 0.6) is 5.75 Å². The van der Waals surface area contributed by atoms with Crippen LogP contribution in [0.3, 0.4) is 0 Å². The Hall–Kier alpha value is -3.20. The molecule has 0 aromatic heterocycles. The maximum atomic E-state index is 13.0. The van der Waals surface area contributed by atoms with Crippen LogP contribution in [-0.4, -0.2) is 16.8 Å². The van der Waals surface area contributed by atoms with Crippen LogP contribution in [0.2, 0.25) is 0 Å². The Bertz CT molecular complexity index is 1190. The molecule has 0 aliphatic carbocycles. The number of amides is 3. The van der Waals surface area contributed by atoms with Crippen molar-refractivity contribution in [1.29, 1.82) is 0 Å². The number of nitrogens with one attached hydrogen (secondary N) is 1. The van der Waals surface area contributed by atoms with Crippen LogP contribution in [0.15, 0.2) is 72.4 Å². The van der Waals surface area contributed by atoms with Crippen molar-refractivity contribution in [3.05, 3.63) is 104 Å². The topological polar surface area (TPSA) is 58.6 Å². The van der Waals surface area contributed by atoms with Crippen LogP contribution in [0, 0.1) is 16.3 Å². The van der Waals surface area contributed by atoms with Crippen LogP contribution in [0.25, 0.3) is 6.08 Å². The molecule has 32 heavy (non-hydrogen) atoms. The van der Waals surface area contributed by atoms with Gasteiger partial charge in [0.15, 0.2) is 0 Å². The van der Waals surface area contributed by atoms with Gasteiger partial charge in [-0.1, -0.05) is 48.0 Å². The molecule has 0 radical (unpaired) electrons. The van der Waals surface area contributed by atoms with Crippen LogP contribution >= 0.6 is 22.6 Å². The highest BCUT2D eigenvalue weighted by Gasteiger charge is 2.33. The summed E-state index contributed by atoms with van der Waals surface area (Å²) in [5.41, 5.74) is 3.87. The van der Waals surface area contributed by atoms with Gasteiger partial charge in [-0.05, 0) is 76.5 Å². The van der Waals surface area contributed by atoms with Crippen molar-refractivity contribution in [1.82, 2.24) is 10.2 Å². The number of halogens is 2. The Labute approximate surface area is 199 Å². The second-order valence-corrected chi connectivity index (χ2v) is 8.63. The zero-order valence-electron chi connectivity index (χ0n) is 17.3. The van der Waals surface area contributed by atoms with E-state index in [2.05, 4.69) is 27.9 Å². The van der Waals surface area contributed by atoms with Crippen LogP contribution in [0.4, 0.5) is 9.18 Å². The third-order valence-corrected chi connectivity index (χ3v) is 5.84. The molecule has 162 valence electrons. The first-order valence-corrected chi connectivity index (χ1v) is 11.0. The quantitative estimate of drug-likeness (QED) is 0.258. The molecular formula is C25H20FIN2O3. The van der Waals surface area contributed by atoms with Gasteiger partial charge in [-0.3, -0.25) is 9.69 Å². The van der Waals surface area contributed by atoms with E-state index in [9.17, 15) is 14.0 Å². The van der Waals surface area contributed by atoms with Crippen molar-refractivity contribution >= 4 is 40.6 Å². The first-order chi connectivity index (χ1) is 15.4. The van der Waals surface area contributed by atoms with Gasteiger partial charge in [-0.15, -0.1) is 0 Å². The minimum atomic E-state index is -0.434. The van der Waals surface area contributed by atoms with Crippen molar-refractivity contribution in [2.75, 3.05) is 0 Å². The van der Waals surface area contributed by atoms with E-state index < -0.39 is 6.03 Å². The molecule has 5 nitrogen and oxygen atoms in total. The molecule has 1 N–H and O–H groups in total. The number of carbonyl (C=O) groups excluding carboxylic acids is 2. The molecule has 4 rings (SSSR count).